The number of nitrogen functional groups attached to an aromatic ring is 1. The van der Waals surface area contributed by atoms with Gasteiger partial charge in [0.1, 0.15) is 17.8 Å². The molecule has 1 aliphatic heterocycles. The maximum Gasteiger partial charge on any atom is 0.254 e. The number of anilines is 1. The Morgan fingerprint density at radius 3 is 2.63 bits per heavy atom. The molecule has 0 saturated carbocycles. The number of hydrogen-bond acceptors (Lipinski definition) is 6. The van der Waals surface area contributed by atoms with Crippen molar-refractivity contribution in [2.75, 3.05) is 12.3 Å². The number of aromatic nitrogens is 5. The summed E-state index contributed by atoms with van der Waals surface area (Å²) in [5.74, 6) is 5.81. The van der Waals surface area contributed by atoms with Crippen molar-refractivity contribution in [1.29, 1.82) is 0 Å². The van der Waals surface area contributed by atoms with E-state index < -0.39 is 0 Å². The zero-order valence-corrected chi connectivity index (χ0v) is 19.5. The molecule has 1 aromatic carbocycles. The Kier molecular flexibility index (Phi) is 5.43. The lowest BCUT2D eigenvalue weighted by atomic mass is 9.97. The second-order valence-electron chi connectivity index (χ2n) is 8.48. The monoisotopic (exact) mass is 461 g/mol. The molecule has 2 N–H and O–H groups in total. The third-order valence-corrected chi connectivity index (χ3v) is 6.49. The maximum absolute atomic E-state index is 13.1. The normalized spacial score (nSPS) is 15.2. The van der Waals surface area contributed by atoms with Crippen LogP contribution in [0.25, 0.3) is 33.4 Å². The van der Waals surface area contributed by atoms with Crippen LogP contribution in [0.4, 0.5) is 5.82 Å². The molecule has 1 amide bonds. The van der Waals surface area contributed by atoms with Crippen molar-refractivity contribution in [3.63, 3.8) is 0 Å². The highest BCUT2D eigenvalue weighted by Crippen LogP contribution is 2.42. The van der Waals surface area contributed by atoms with Crippen LogP contribution >= 0.6 is 0 Å². The molecule has 1 fully saturated rings. The highest BCUT2D eigenvalue weighted by Gasteiger charge is 2.28. The number of hydrogen-bond donors (Lipinski definition) is 1. The maximum atomic E-state index is 13.1. The molecule has 0 aliphatic carbocycles. The van der Waals surface area contributed by atoms with E-state index in [1.807, 2.05) is 42.8 Å². The summed E-state index contributed by atoms with van der Waals surface area (Å²) in [6, 6.07) is 7.29. The summed E-state index contributed by atoms with van der Waals surface area (Å²) >= 11 is 0. The first-order chi connectivity index (χ1) is 16.9. The minimum absolute atomic E-state index is 0.0629. The molecule has 172 valence electrons. The molecular formula is C27H23N7O. The summed E-state index contributed by atoms with van der Waals surface area (Å²) in [6.07, 6.45) is 16.0. The van der Waals surface area contributed by atoms with Gasteiger partial charge in [-0.05, 0) is 43.4 Å². The first-order valence-electron chi connectivity index (χ1n) is 11.2. The Hall–Kier alpha value is -4.69. The molecule has 4 heterocycles. The van der Waals surface area contributed by atoms with Gasteiger partial charge in [0.05, 0.1) is 22.8 Å². The topological polar surface area (TPSA) is 103 Å². The lowest BCUT2D eigenvalue weighted by Gasteiger charge is -2.20. The van der Waals surface area contributed by atoms with Crippen LogP contribution in [0, 0.1) is 31.6 Å². The van der Waals surface area contributed by atoms with E-state index >= 15 is 0 Å². The van der Waals surface area contributed by atoms with Crippen molar-refractivity contribution >= 4 is 22.8 Å². The number of nitrogens with zero attached hydrogens (tertiary/aromatic N) is 6. The van der Waals surface area contributed by atoms with Gasteiger partial charge in [0.2, 0.25) is 5.82 Å². The van der Waals surface area contributed by atoms with E-state index in [2.05, 4.69) is 31.8 Å². The number of benzene rings is 1. The van der Waals surface area contributed by atoms with Crippen LogP contribution in [0.2, 0.25) is 0 Å². The number of likely N-dealkylation sites (tertiary alicyclic amines) is 1. The average Bonchev–Trinajstić information content (AvgIpc) is 3.47. The summed E-state index contributed by atoms with van der Waals surface area (Å²) < 4.78 is 1.95. The first kappa shape index (κ1) is 22.1. The average molecular weight is 462 g/mol. The van der Waals surface area contributed by atoms with Gasteiger partial charge in [-0.15, -0.1) is 12.8 Å². The number of carbonyl (C=O) groups excluding carboxylic acids is 1. The Morgan fingerprint density at radius 1 is 1.17 bits per heavy atom. The third kappa shape index (κ3) is 3.56. The van der Waals surface area contributed by atoms with Gasteiger partial charge in [0.15, 0.2) is 0 Å². The van der Waals surface area contributed by atoms with Crippen molar-refractivity contribution in [2.45, 2.75) is 25.8 Å². The van der Waals surface area contributed by atoms with Gasteiger partial charge in [0.25, 0.3) is 5.91 Å². The number of terminal acetylenes is 2. The number of carbonyl (C=O) groups is 1. The largest absolute Gasteiger partial charge is 0.383 e. The lowest BCUT2D eigenvalue weighted by molar-refractivity contribution is 0.0766. The molecule has 8 nitrogen and oxygen atoms in total. The van der Waals surface area contributed by atoms with Crippen LogP contribution < -0.4 is 5.73 Å². The van der Waals surface area contributed by atoms with E-state index in [0.717, 1.165) is 46.3 Å². The number of rotatable bonds is 3. The van der Waals surface area contributed by atoms with Crippen LogP contribution in [0.5, 0.6) is 0 Å². The molecule has 1 unspecified atom stereocenters. The molecule has 3 aromatic heterocycles. The Balaban J connectivity index is 1.67. The standard InChI is InChI=1S/C27H23N7O/c1-5-19-8-7-13-34(19)27(35)18-11-9-17(10-12-18)22-23-25(28)30-15-31-26(23)33(4)24(22)20-14-29-21(6-2)32-16(20)3/h1-2,9-12,14-15,19H,7-8,13H2,3-4H3,(H2,28,30,31). The minimum Gasteiger partial charge on any atom is -0.383 e. The zero-order valence-electron chi connectivity index (χ0n) is 19.5. The van der Waals surface area contributed by atoms with Crippen LogP contribution in [0.3, 0.4) is 0 Å². The zero-order chi connectivity index (χ0) is 24.7. The van der Waals surface area contributed by atoms with Gasteiger partial charge in [-0.25, -0.2) is 19.9 Å². The Bertz CT molecular complexity index is 1550. The van der Waals surface area contributed by atoms with Crippen LogP contribution in [0.1, 0.15) is 34.7 Å². The minimum atomic E-state index is -0.155. The fraction of sp³-hybridized carbons (Fsp3) is 0.222. The third-order valence-electron chi connectivity index (χ3n) is 6.49. The molecule has 0 radical (unpaired) electrons. The number of aryl methyl sites for hydroxylation is 2. The van der Waals surface area contributed by atoms with Gasteiger partial charge in [0, 0.05) is 36.5 Å². The van der Waals surface area contributed by atoms with Crippen LogP contribution in [0.15, 0.2) is 36.8 Å². The van der Waals surface area contributed by atoms with E-state index in [-0.39, 0.29) is 11.9 Å². The molecular weight excluding hydrogens is 438 g/mol. The van der Waals surface area contributed by atoms with Gasteiger partial charge < -0.3 is 15.2 Å². The molecule has 4 aromatic rings. The predicted octanol–water partition coefficient (Wildman–Crippen LogP) is 3.20. The molecule has 8 heteroatoms. The highest BCUT2D eigenvalue weighted by atomic mass is 16.2. The van der Waals surface area contributed by atoms with E-state index in [0.29, 0.717) is 29.4 Å². The Morgan fingerprint density at radius 2 is 1.94 bits per heavy atom. The second-order valence-corrected chi connectivity index (χ2v) is 8.48. The SMILES string of the molecule is C#Cc1ncc(-c2c(-c3ccc(C(=O)N4CCCC4C#C)cc3)c3c(N)ncnc3n2C)c(C)n1. The van der Waals surface area contributed by atoms with E-state index in [4.69, 9.17) is 18.6 Å². The summed E-state index contributed by atoms with van der Waals surface area (Å²) in [5, 5.41) is 0.719. The highest BCUT2D eigenvalue weighted by molar-refractivity contribution is 6.08. The van der Waals surface area contributed by atoms with E-state index in [1.54, 1.807) is 11.1 Å². The fourth-order valence-electron chi connectivity index (χ4n) is 4.77. The summed E-state index contributed by atoms with van der Waals surface area (Å²) in [4.78, 5) is 32.3. The molecule has 1 atom stereocenters. The predicted molar refractivity (Wildman–Crippen MR) is 135 cm³/mol. The van der Waals surface area contributed by atoms with Crippen molar-refractivity contribution in [3.8, 4) is 47.1 Å². The van der Waals surface area contributed by atoms with Crippen molar-refractivity contribution in [1.82, 2.24) is 29.4 Å². The second kappa shape index (κ2) is 8.58. The van der Waals surface area contributed by atoms with E-state index in [1.165, 1.54) is 6.33 Å². The molecule has 0 bridgehead atoms. The first-order valence-corrected chi connectivity index (χ1v) is 11.2. The quantitative estimate of drug-likeness (QED) is 0.470. The number of fused-ring (bicyclic) bond motifs is 1. The molecule has 35 heavy (non-hydrogen) atoms. The smallest absolute Gasteiger partial charge is 0.254 e. The lowest BCUT2D eigenvalue weighted by Crippen LogP contribution is -2.34. The van der Waals surface area contributed by atoms with Gasteiger partial charge >= 0.3 is 0 Å². The van der Waals surface area contributed by atoms with Crippen molar-refractivity contribution in [2.24, 2.45) is 7.05 Å². The molecule has 0 spiro atoms. The van der Waals surface area contributed by atoms with Crippen molar-refractivity contribution in [3.05, 3.63) is 53.9 Å². The van der Waals surface area contributed by atoms with E-state index in [9.17, 15) is 4.79 Å². The van der Waals surface area contributed by atoms with Gasteiger partial charge in [-0.1, -0.05) is 18.1 Å². The van der Waals surface area contributed by atoms with Crippen LogP contribution in [-0.4, -0.2) is 47.9 Å². The van der Waals surface area contributed by atoms with Gasteiger partial charge in [-0.2, -0.15) is 0 Å². The number of amides is 1. The summed E-state index contributed by atoms with van der Waals surface area (Å²) in [5.41, 5.74) is 11.6. The summed E-state index contributed by atoms with van der Waals surface area (Å²) in [7, 11) is 1.91. The van der Waals surface area contributed by atoms with Crippen LogP contribution in [-0.2, 0) is 7.05 Å². The van der Waals surface area contributed by atoms with Gasteiger partial charge in [-0.3, -0.25) is 4.79 Å². The molecule has 1 saturated heterocycles. The summed E-state index contributed by atoms with van der Waals surface area (Å²) in [6.45, 7) is 2.55. The molecule has 5 rings (SSSR count). The molecule has 1 aliphatic rings. The number of nitrogens with two attached hydrogens (primary N) is 1. The van der Waals surface area contributed by atoms with Crippen molar-refractivity contribution < 1.29 is 4.79 Å². The Labute approximate surface area is 203 Å². The fourth-order valence-corrected chi connectivity index (χ4v) is 4.77.